The average molecular weight is 543 g/mol. The van der Waals surface area contributed by atoms with Crippen molar-refractivity contribution in [1.82, 2.24) is 19.9 Å². The summed E-state index contributed by atoms with van der Waals surface area (Å²) in [5, 5.41) is 6.68. The maximum Gasteiger partial charge on any atom is 0.241 e. The highest BCUT2D eigenvalue weighted by atomic mass is 79.9. The summed E-state index contributed by atoms with van der Waals surface area (Å²) in [7, 11) is -6.71. The van der Waals surface area contributed by atoms with E-state index in [1.54, 1.807) is 36.4 Å². The summed E-state index contributed by atoms with van der Waals surface area (Å²) >= 11 is 4.62. The van der Waals surface area contributed by atoms with Gasteiger partial charge in [0.05, 0.1) is 22.5 Å². The Labute approximate surface area is 191 Å². The molecule has 0 aliphatic rings. The molecule has 4 rings (SSSR count). The SMILES string of the molecule is O=[SH](=O)NCc1nnc(C(c2nc3ccc(Br)cc3s2)S(=O)(=O)Cc2ccccc2)o1. The molecule has 1 unspecified atom stereocenters. The first-order valence-corrected chi connectivity index (χ1v) is 13.3. The van der Waals surface area contributed by atoms with Crippen molar-refractivity contribution in [2.24, 2.45) is 0 Å². The third-order valence-electron chi connectivity index (χ3n) is 4.23. The molecular formula is C18H15BrN4O5S3. The van der Waals surface area contributed by atoms with Crippen LogP contribution in [0.2, 0.25) is 0 Å². The predicted octanol–water partition coefficient (Wildman–Crippen LogP) is 2.76. The Kier molecular flexibility index (Phi) is 6.48. The Hall–Kier alpha value is -2.19. The van der Waals surface area contributed by atoms with Gasteiger partial charge in [-0.25, -0.2) is 26.5 Å². The Morgan fingerprint density at radius 3 is 2.65 bits per heavy atom. The van der Waals surface area contributed by atoms with Crippen LogP contribution in [-0.4, -0.2) is 32.0 Å². The van der Waals surface area contributed by atoms with Gasteiger partial charge in [0.15, 0.2) is 15.1 Å². The number of nitrogens with zero attached hydrogens (tertiary/aromatic N) is 3. The minimum Gasteiger partial charge on any atom is -0.422 e. The van der Waals surface area contributed by atoms with Crippen molar-refractivity contribution < 1.29 is 21.3 Å². The standard InChI is InChI=1S/C18H15BrN4O5S3/c19-12-6-7-13-14(8-12)29-18(21-13)16(17-23-22-15(28-17)9-20-30(24)25)31(26,27)10-11-4-2-1-3-5-11/h1-8,16,30H,9-10H2,(H,20,24,25). The van der Waals surface area contributed by atoms with Gasteiger partial charge in [-0.05, 0) is 23.8 Å². The lowest BCUT2D eigenvalue weighted by Crippen LogP contribution is -2.17. The molecule has 0 aliphatic heterocycles. The molecule has 0 amide bonds. The number of thiazole rings is 1. The van der Waals surface area contributed by atoms with Crippen LogP contribution < -0.4 is 4.72 Å². The van der Waals surface area contributed by atoms with Crippen LogP contribution >= 0.6 is 27.3 Å². The number of aromatic nitrogens is 3. The van der Waals surface area contributed by atoms with Crippen molar-refractivity contribution in [2.45, 2.75) is 17.5 Å². The fourth-order valence-corrected chi connectivity index (χ4v) is 6.84. The number of halogens is 1. The molecule has 1 atom stereocenters. The second-order valence-corrected chi connectivity index (χ2v) is 11.4. The van der Waals surface area contributed by atoms with Crippen molar-refractivity contribution in [1.29, 1.82) is 0 Å². The first-order chi connectivity index (χ1) is 14.8. The molecule has 0 radical (unpaired) electrons. The summed E-state index contributed by atoms with van der Waals surface area (Å²) in [5.74, 6) is -0.453. The second-order valence-electron chi connectivity index (χ2n) is 6.46. The van der Waals surface area contributed by atoms with Crippen LogP contribution in [0.15, 0.2) is 57.4 Å². The summed E-state index contributed by atoms with van der Waals surface area (Å²) in [6.45, 7) is -0.232. The van der Waals surface area contributed by atoms with E-state index in [2.05, 4.69) is 35.8 Å². The molecule has 162 valence electrons. The molecule has 2 heterocycles. The van der Waals surface area contributed by atoms with Gasteiger partial charge in [0.1, 0.15) is 5.01 Å². The van der Waals surface area contributed by atoms with Gasteiger partial charge < -0.3 is 4.42 Å². The monoisotopic (exact) mass is 542 g/mol. The first kappa shape index (κ1) is 22.0. The lowest BCUT2D eigenvalue weighted by Gasteiger charge is -2.12. The number of thiol groups is 1. The Morgan fingerprint density at radius 1 is 1.13 bits per heavy atom. The quantitative estimate of drug-likeness (QED) is 0.325. The van der Waals surface area contributed by atoms with Crippen molar-refractivity contribution in [3.8, 4) is 0 Å². The van der Waals surface area contributed by atoms with Crippen LogP contribution in [0.4, 0.5) is 0 Å². The molecule has 1 N–H and O–H groups in total. The van der Waals surface area contributed by atoms with Gasteiger partial charge in [-0.1, -0.05) is 46.3 Å². The van der Waals surface area contributed by atoms with E-state index in [9.17, 15) is 16.8 Å². The smallest absolute Gasteiger partial charge is 0.241 e. The minimum atomic E-state index is -3.86. The number of sulfone groups is 1. The predicted molar refractivity (Wildman–Crippen MR) is 120 cm³/mol. The molecule has 0 spiro atoms. The van der Waals surface area contributed by atoms with Gasteiger partial charge in [0.25, 0.3) is 0 Å². The zero-order chi connectivity index (χ0) is 22.0. The molecule has 13 heteroatoms. The number of rotatable bonds is 8. The molecule has 0 saturated carbocycles. The molecule has 2 aromatic heterocycles. The molecule has 0 aliphatic carbocycles. The topological polar surface area (TPSA) is 132 Å². The number of fused-ring (bicyclic) bond motifs is 1. The van der Waals surface area contributed by atoms with Crippen LogP contribution in [0.25, 0.3) is 10.2 Å². The zero-order valence-corrected chi connectivity index (χ0v) is 19.7. The highest BCUT2D eigenvalue weighted by Gasteiger charge is 2.37. The summed E-state index contributed by atoms with van der Waals surface area (Å²) in [6.07, 6.45) is 0. The van der Waals surface area contributed by atoms with Crippen LogP contribution in [0.5, 0.6) is 0 Å². The zero-order valence-electron chi connectivity index (χ0n) is 15.6. The Morgan fingerprint density at radius 2 is 1.90 bits per heavy atom. The highest BCUT2D eigenvalue weighted by Crippen LogP contribution is 2.37. The average Bonchev–Trinajstić information content (AvgIpc) is 3.33. The van der Waals surface area contributed by atoms with Crippen molar-refractivity contribution >= 4 is 58.2 Å². The molecule has 9 nitrogen and oxygen atoms in total. The maximum atomic E-state index is 13.4. The normalized spacial score (nSPS) is 13.1. The van der Waals surface area contributed by atoms with Crippen molar-refractivity contribution in [3.63, 3.8) is 0 Å². The third-order valence-corrected chi connectivity index (χ3v) is 8.25. The molecular weight excluding hydrogens is 528 g/mol. The first-order valence-electron chi connectivity index (χ1n) is 8.83. The van der Waals surface area contributed by atoms with Gasteiger partial charge in [-0.3, -0.25) is 0 Å². The van der Waals surface area contributed by atoms with E-state index in [-0.39, 0.29) is 24.1 Å². The van der Waals surface area contributed by atoms with E-state index >= 15 is 0 Å². The van der Waals surface area contributed by atoms with E-state index in [1.165, 1.54) is 11.3 Å². The number of hydrogen-bond donors (Lipinski definition) is 2. The third kappa shape index (κ3) is 5.18. The summed E-state index contributed by atoms with van der Waals surface area (Å²) in [6, 6.07) is 14.2. The van der Waals surface area contributed by atoms with Gasteiger partial charge >= 0.3 is 0 Å². The molecule has 0 saturated heterocycles. The van der Waals surface area contributed by atoms with Crippen LogP contribution in [0.1, 0.15) is 27.6 Å². The van der Waals surface area contributed by atoms with Gasteiger partial charge in [-0.15, -0.1) is 21.5 Å². The van der Waals surface area contributed by atoms with Crippen LogP contribution in [0.3, 0.4) is 0 Å². The van der Waals surface area contributed by atoms with E-state index < -0.39 is 26.0 Å². The van der Waals surface area contributed by atoms with Gasteiger partial charge in [-0.2, -0.15) is 0 Å². The molecule has 31 heavy (non-hydrogen) atoms. The Balaban J connectivity index is 1.78. The molecule has 0 fully saturated rings. The Bertz CT molecular complexity index is 1390. The largest absolute Gasteiger partial charge is 0.422 e. The minimum absolute atomic E-state index is 0.0435. The van der Waals surface area contributed by atoms with E-state index in [4.69, 9.17) is 4.42 Å². The maximum absolute atomic E-state index is 13.4. The van der Waals surface area contributed by atoms with Gasteiger partial charge in [0, 0.05) is 4.47 Å². The summed E-state index contributed by atoms with van der Waals surface area (Å²) in [4.78, 5) is 4.50. The van der Waals surface area contributed by atoms with Crippen LogP contribution in [-0.2, 0) is 33.0 Å². The summed E-state index contributed by atoms with van der Waals surface area (Å²) < 4.78 is 57.7. The second kappa shape index (κ2) is 9.12. The molecule has 2 aromatic carbocycles. The number of hydrogen-bond acceptors (Lipinski definition) is 9. The highest BCUT2D eigenvalue weighted by molar-refractivity contribution is 9.10. The number of nitrogens with one attached hydrogen (secondary N) is 1. The van der Waals surface area contributed by atoms with Crippen molar-refractivity contribution in [3.05, 3.63) is 75.4 Å². The fourth-order valence-electron chi connectivity index (χ4n) is 2.91. The van der Waals surface area contributed by atoms with E-state index in [0.717, 1.165) is 9.17 Å². The molecule has 0 bridgehead atoms. The fraction of sp³-hybridized carbons (Fsp3) is 0.167. The van der Waals surface area contributed by atoms with Gasteiger partial charge in [0.2, 0.25) is 22.7 Å². The summed E-state index contributed by atoms with van der Waals surface area (Å²) in [5.41, 5.74) is 1.26. The van der Waals surface area contributed by atoms with E-state index in [1.807, 2.05) is 12.1 Å². The number of benzene rings is 2. The van der Waals surface area contributed by atoms with Crippen LogP contribution in [0, 0.1) is 0 Å². The lowest BCUT2D eigenvalue weighted by molar-refractivity contribution is 0.444. The molecule has 4 aromatic rings. The van der Waals surface area contributed by atoms with E-state index in [0.29, 0.717) is 16.1 Å². The lowest BCUT2D eigenvalue weighted by atomic mass is 10.2. The van der Waals surface area contributed by atoms with Crippen molar-refractivity contribution in [2.75, 3.05) is 0 Å².